The number of carboxylic acids is 1. The number of hydrogen-bond donors (Lipinski definition) is 2. The van der Waals surface area contributed by atoms with Crippen LogP contribution in [0, 0.1) is 4.77 Å². The molecule has 0 radical (unpaired) electrons. The maximum Gasteiger partial charge on any atom is 0.345 e. The SMILES string of the molecule is O=C(O)c1ccc(CN2CCc3[nH]c(=S)ncc3C2)s1. The van der Waals surface area contributed by atoms with E-state index in [0.717, 1.165) is 30.9 Å². The fraction of sp³-hybridized carbons (Fsp3) is 0.308. The van der Waals surface area contributed by atoms with Gasteiger partial charge in [0.1, 0.15) is 4.88 Å². The molecule has 2 aromatic rings. The average Bonchev–Trinajstić information content (AvgIpc) is 2.88. The molecule has 1 aliphatic rings. The molecule has 0 saturated heterocycles. The van der Waals surface area contributed by atoms with Crippen LogP contribution in [0.15, 0.2) is 18.3 Å². The van der Waals surface area contributed by atoms with Crippen molar-refractivity contribution < 1.29 is 9.90 Å². The molecule has 0 bridgehead atoms. The average molecular weight is 307 g/mol. The number of H-pyrrole nitrogens is 1. The predicted molar refractivity (Wildman–Crippen MR) is 78.5 cm³/mol. The van der Waals surface area contributed by atoms with Crippen molar-refractivity contribution in [1.82, 2.24) is 14.9 Å². The zero-order valence-electron chi connectivity index (χ0n) is 10.6. The second-order valence-corrected chi connectivity index (χ2v) is 6.28. The van der Waals surface area contributed by atoms with Gasteiger partial charge in [-0.25, -0.2) is 9.78 Å². The van der Waals surface area contributed by atoms with E-state index in [0.29, 0.717) is 9.65 Å². The number of aromatic carboxylic acids is 1. The van der Waals surface area contributed by atoms with Gasteiger partial charge in [0, 0.05) is 48.4 Å². The van der Waals surface area contributed by atoms with Crippen LogP contribution in [-0.2, 0) is 19.5 Å². The molecular weight excluding hydrogens is 294 g/mol. The summed E-state index contributed by atoms with van der Waals surface area (Å²) in [6, 6.07) is 3.55. The van der Waals surface area contributed by atoms with Crippen LogP contribution in [0.1, 0.15) is 25.8 Å². The highest BCUT2D eigenvalue weighted by atomic mass is 32.1. The molecule has 20 heavy (non-hydrogen) atoms. The molecule has 3 rings (SSSR count). The van der Waals surface area contributed by atoms with Gasteiger partial charge in [0.15, 0.2) is 4.77 Å². The molecule has 1 aliphatic heterocycles. The van der Waals surface area contributed by atoms with Crippen LogP contribution >= 0.6 is 23.6 Å². The van der Waals surface area contributed by atoms with Crippen LogP contribution in [0.2, 0.25) is 0 Å². The fourth-order valence-corrected chi connectivity index (χ4v) is 3.40. The number of rotatable bonds is 3. The zero-order chi connectivity index (χ0) is 14.1. The highest BCUT2D eigenvalue weighted by molar-refractivity contribution is 7.71. The minimum atomic E-state index is -0.859. The topological polar surface area (TPSA) is 69.2 Å². The van der Waals surface area contributed by atoms with Crippen molar-refractivity contribution in [3.8, 4) is 0 Å². The lowest BCUT2D eigenvalue weighted by Gasteiger charge is -2.27. The molecule has 0 aliphatic carbocycles. The second-order valence-electron chi connectivity index (χ2n) is 4.72. The maximum absolute atomic E-state index is 10.9. The normalized spacial score (nSPS) is 15.0. The van der Waals surface area contributed by atoms with Crippen LogP contribution in [0.3, 0.4) is 0 Å². The summed E-state index contributed by atoms with van der Waals surface area (Å²) >= 11 is 6.36. The third-order valence-corrected chi connectivity index (χ3v) is 4.57. The first-order chi connectivity index (χ1) is 9.61. The Hall–Kier alpha value is -1.57. The van der Waals surface area contributed by atoms with Crippen LogP contribution in [0.25, 0.3) is 0 Å². The molecule has 0 unspecified atom stereocenters. The van der Waals surface area contributed by atoms with Gasteiger partial charge in [0.25, 0.3) is 0 Å². The summed E-state index contributed by atoms with van der Waals surface area (Å²) in [5.41, 5.74) is 2.33. The lowest BCUT2D eigenvalue weighted by molar-refractivity contribution is 0.0702. The van der Waals surface area contributed by atoms with Gasteiger partial charge in [0.05, 0.1) is 0 Å². The van der Waals surface area contributed by atoms with E-state index in [-0.39, 0.29) is 0 Å². The highest BCUT2D eigenvalue weighted by Gasteiger charge is 2.18. The van der Waals surface area contributed by atoms with Gasteiger partial charge >= 0.3 is 5.97 Å². The molecule has 0 atom stereocenters. The Balaban J connectivity index is 1.72. The smallest absolute Gasteiger partial charge is 0.345 e. The number of hydrogen-bond acceptors (Lipinski definition) is 5. The number of fused-ring (bicyclic) bond motifs is 1. The molecule has 0 spiro atoms. The van der Waals surface area contributed by atoms with Gasteiger partial charge in [-0.1, -0.05) is 0 Å². The van der Waals surface area contributed by atoms with Crippen molar-refractivity contribution in [1.29, 1.82) is 0 Å². The van der Waals surface area contributed by atoms with E-state index < -0.39 is 5.97 Å². The first-order valence-corrected chi connectivity index (χ1v) is 7.46. The Kier molecular flexibility index (Phi) is 3.64. The number of aromatic amines is 1. The van der Waals surface area contributed by atoms with Crippen LogP contribution in [0.5, 0.6) is 0 Å². The summed E-state index contributed by atoms with van der Waals surface area (Å²) < 4.78 is 0.529. The number of carboxylic acid groups (broad SMARTS) is 1. The number of nitrogens with one attached hydrogen (secondary N) is 1. The molecule has 2 aromatic heterocycles. The molecule has 3 heterocycles. The maximum atomic E-state index is 10.9. The van der Waals surface area contributed by atoms with Crippen molar-refractivity contribution in [3.63, 3.8) is 0 Å². The summed E-state index contributed by atoms with van der Waals surface area (Å²) in [5, 5.41) is 8.93. The van der Waals surface area contributed by atoms with Crippen molar-refractivity contribution in [3.05, 3.63) is 44.1 Å². The summed E-state index contributed by atoms with van der Waals surface area (Å²) in [6.07, 6.45) is 2.75. The van der Waals surface area contributed by atoms with Gasteiger partial charge in [-0.2, -0.15) is 0 Å². The van der Waals surface area contributed by atoms with Crippen molar-refractivity contribution in [2.75, 3.05) is 6.54 Å². The van der Waals surface area contributed by atoms with Gasteiger partial charge in [-0.05, 0) is 24.4 Å². The third-order valence-electron chi connectivity index (χ3n) is 3.31. The molecule has 5 nitrogen and oxygen atoms in total. The van der Waals surface area contributed by atoms with E-state index in [1.54, 1.807) is 6.07 Å². The minimum absolute atomic E-state index is 0.392. The van der Waals surface area contributed by atoms with Gasteiger partial charge in [-0.3, -0.25) is 4.90 Å². The quantitative estimate of drug-likeness (QED) is 0.853. The summed E-state index contributed by atoms with van der Waals surface area (Å²) in [6.45, 7) is 2.52. The molecule has 0 amide bonds. The Morgan fingerprint density at radius 3 is 3.15 bits per heavy atom. The van der Waals surface area contributed by atoms with E-state index in [9.17, 15) is 4.79 Å². The van der Waals surface area contributed by atoms with Crippen molar-refractivity contribution in [2.45, 2.75) is 19.5 Å². The van der Waals surface area contributed by atoms with E-state index in [1.807, 2.05) is 12.3 Å². The Bertz CT molecular complexity index is 708. The highest BCUT2D eigenvalue weighted by Crippen LogP contribution is 2.22. The Morgan fingerprint density at radius 1 is 1.55 bits per heavy atom. The monoisotopic (exact) mass is 307 g/mol. The number of aromatic nitrogens is 2. The standard InChI is InChI=1S/C13H13N3O2S2/c17-12(18)11-2-1-9(20-11)7-16-4-3-10-8(6-16)5-14-13(19)15-10/h1-2,5H,3-4,6-7H2,(H,17,18)(H,14,15,19). The number of thiophene rings is 1. The van der Waals surface area contributed by atoms with E-state index in [4.69, 9.17) is 17.3 Å². The van der Waals surface area contributed by atoms with E-state index in [2.05, 4.69) is 14.9 Å². The third kappa shape index (κ3) is 2.79. The second kappa shape index (κ2) is 5.43. The van der Waals surface area contributed by atoms with Crippen LogP contribution < -0.4 is 0 Å². The number of carbonyl (C=O) groups is 1. The predicted octanol–water partition coefficient (Wildman–Crippen LogP) is 2.46. The van der Waals surface area contributed by atoms with Gasteiger partial charge < -0.3 is 10.1 Å². The zero-order valence-corrected chi connectivity index (χ0v) is 12.3. The fourth-order valence-electron chi connectivity index (χ4n) is 2.34. The number of nitrogens with zero attached hydrogens (tertiary/aromatic N) is 2. The molecule has 2 N–H and O–H groups in total. The molecule has 0 fully saturated rings. The largest absolute Gasteiger partial charge is 0.477 e. The molecule has 0 saturated carbocycles. The van der Waals surface area contributed by atoms with E-state index in [1.165, 1.54) is 22.6 Å². The van der Waals surface area contributed by atoms with Gasteiger partial charge in [0.2, 0.25) is 0 Å². The van der Waals surface area contributed by atoms with Crippen LogP contribution in [0.4, 0.5) is 0 Å². The lowest BCUT2D eigenvalue weighted by Crippen LogP contribution is -2.30. The molecular formula is C13H13N3O2S2. The minimum Gasteiger partial charge on any atom is -0.477 e. The summed E-state index contributed by atoms with van der Waals surface area (Å²) in [7, 11) is 0. The first kappa shape index (κ1) is 13.4. The van der Waals surface area contributed by atoms with Crippen molar-refractivity contribution in [2.24, 2.45) is 0 Å². The van der Waals surface area contributed by atoms with Gasteiger partial charge in [-0.15, -0.1) is 11.3 Å². The van der Waals surface area contributed by atoms with Crippen LogP contribution in [-0.4, -0.2) is 32.5 Å². The summed E-state index contributed by atoms with van der Waals surface area (Å²) in [5.74, 6) is -0.859. The van der Waals surface area contributed by atoms with E-state index >= 15 is 0 Å². The summed E-state index contributed by atoms with van der Waals surface area (Å²) in [4.78, 5) is 21.9. The molecule has 7 heteroatoms. The molecule has 104 valence electrons. The molecule has 0 aromatic carbocycles. The van der Waals surface area contributed by atoms with Crippen molar-refractivity contribution >= 4 is 29.5 Å². The Labute approximate surface area is 124 Å². The first-order valence-electron chi connectivity index (χ1n) is 6.23. The lowest BCUT2D eigenvalue weighted by atomic mass is 10.1. The Morgan fingerprint density at radius 2 is 2.40 bits per heavy atom.